The molecule has 0 N–H and O–H groups in total. The third kappa shape index (κ3) is 4.32. The van der Waals surface area contributed by atoms with Gasteiger partial charge in [0, 0.05) is 38.0 Å². The van der Waals surface area contributed by atoms with Crippen LogP contribution in [0.4, 0.5) is 0 Å². The molecular formula is C21H21N3O4S. The van der Waals surface area contributed by atoms with E-state index in [-0.39, 0.29) is 11.8 Å². The molecule has 150 valence electrons. The van der Waals surface area contributed by atoms with E-state index >= 15 is 0 Å². The molecule has 0 unspecified atom stereocenters. The fourth-order valence-electron chi connectivity index (χ4n) is 3.24. The van der Waals surface area contributed by atoms with E-state index < -0.39 is 0 Å². The molecule has 1 fully saturated rings. The zero-order valence-corrected chi connectivity index (χ0v) is 16.9. The van der Waals surface area contributed by atoms with Gasteiger partial charge in [-0.05, 0) is 29.8 Å². The van der Waals surface area contributed by atoms with Crippen LogP contribution in [0.25, 0.3) is 0 Å². The maximum Gasteiger partial charge on any atom is 0.289 e. The minimum atomic E-state index is -0.141. The van der Waals surface area contributed by atoms with Gasteiger partial charge in [-0.2, -0.15) is 0 Å². The average Bonchev–Trinajstić information content (AvgIpc) is 3.46. The number of nitrogens with zero attached hydrogens (tertiary/aromatic N) is 3. The minimum absolute atomic E-state index is 0.0904. The van der Waals surface area contributed by atoms with Crippen LogP contribution in [0.1, 0.15) is 31.6 Å². The second-order valence-corrected chi connectivity index (χ2v) is 7.66. The highest BCUT2D eigenvalue weighted by Crippen LogP contribution is 2.19. The molecule has 1 aliphatic heterocycles. The summed E-state index contributed by atoms with van der Waals surface area (Å²) >= 11 is 1.48. The van der Waals surface area contributed by atoms with Crippen LogP contribution in [0.2, 0.25) is 0 Å². The summed E-state index contributed by atoms with van der Waals surface area (Å²) in [5.74, 6) is 0.908. The van der Waals surface area contributed by atoms with Crippen LogP contribution < -0.4 is 4.74 Å². The predicted octanol–water partition coefficient (Wildman–Crippen LogP) is 2.93. The van der Waals surface area contributed by atoms with Crippen molar-refractivity contribution >= 4 is 23.2 Å². The first-order valence-corrected chi connectivity index (χ1v) is 10.2. The van der Waals surface area contributed by atoms with Gasteiger partial charge in [-0.1, -0.05) is 12.1 Å². The Kier molecular flexibility index (Phi) is 5.62. The van der Waals surface area contributed by atoms with Gasteiger partial charge in [0.15, 0.2) is 5.76 Å². The standard InChI is InChI=1S/C21H21N3O4S/c1-27-16-6-4-15(5-7-16)13-19-22-17(14-29-19)20(25)23-8-10-24(11-9-23)21(26)18-3-2-12-28-18/h2-7,12,14H,8-11,13H2,1H3. The number of carbonyl (C=O) groups is 2. The molecule has 29 heavy (non-hydrogen) atoms. The first kappa shape index (κ1) is 19.2. The van der Waals surface area contributed by atoms with Crippen LogP contribution in [-0.2, 0) is 6.42 Å². The van der Waals surface area contributed by atoms with Gasteiger partial charge in [0.25, 0.3) is 11.8 Å². The minimum Gasteiger partial charge on any atom is -0.497 e. The number of benzene rings is 1. The summed E-state index contributed by atoms with van der Waals surface area (Å²) < 4.78 is 10.3. The Morgan fingerprint density at radius 2 is 1.76 bits per heavy atom. The van der Waals surface area contributed by atoms with Gasteiger partial charge in [-0.25, -0.2) is 4.98 Å². The molecule has 0 spiro atoms. The van der Waals surface area contributed by atoms with Crippen molar-refractivity contribution in [3.8, 4) is 5.75 Å². The molecule has 0 saturated carbocycles. The number of hydrogen-bond acceptors (Lipinski definition) is 6. The van der Waals surface area contributed by atoms with E-state index in [0.717, 1.165) is 16.3 Å². The lowest BCUT2D eigenvalue weighted by Crippen LogP contribution is -2.50. The van der Waals surface area contributed by atoms with Gasteiger partial charge < -0.3 is 19.0 Å². The summed E-state index contributed by atoms with van der Waals surface area (Å²) in [6.07, 6.45) is 2.16. The van der Waals surface area contributed by atoms with Crippen LogP contribution in [0.5, 0.6) is 5.75 Å². The highest BCUT2D eigenvalue weighted by atomic mass is 32.1. The molecule has 0 atom stereocenters. The summed E-state index contributed by atoms with van der Waals surface area (Å²) in [5.41, 5.74) is 1.58. The number of thiazole rings is 1. The summed E-state index contributed by atoms with van der Waals surface area (Å²) in [6.45, 7) is 1.93. The molecule has 0 radical (unpaired) electrons. The van der Waals surface area contributed by atoms with Crippen molar-refractivity contribution in [1.29, 1.82) is 0 Å². The zero-order valence-electron chi connectivity index (χ0n) is 16.0. The number of methoxy groups -OCH3 is 1. The number of amides is 2. The summed E-state index contributed by atoms with van der Waals surface area (Å²) in [4.78, 5) is 33.1. The topological polar surface area (TPSA) is 75.9 Å². The van der Waals surface area contributed by atoms with Gasteiger partial charge in [-0.15, -0.1) is 11.3 Å². The zero-order chi connectivity index (χ0) is 20.2. The summed E-state index contributed by atoms with van der Waals surface area (Å²) in [5, 5.41) is 2.70. The quantitative estimate of drug-likeness (QED) is 0.645. The van der Waals surface area contributed by atoms with Gasteiger partial charge in [0.2, 0.25) is 0 Å². The summed E-state index contributed by atoms with van der Waals surface area (Å²) in [7, 11) is 1.64. The second kappa shape index (κ2) is 8.48. The van der Waals surface area contributed by atoms with Crippen LogP contribution in [0, 0.1) is 0 Å². The number of carbonyl (C=O) groups excluding carboxylic acids is 2. The Balaban J connectivity index is 1.34. The Morgan fingerprint density at radius 1 is 1.07 bits per heavy atom. The van der Waals surface area contributed by atoms with Gasteiger partial charge in [0.1, 0.15) is 11.4 Å². The predicted molar refractivity (Wildman–Crippen MR) is 108 cm³/mol. The third-order valence-electron chi connectivity index (χ3n) is 4.87. The lowest BCUT2D eigenvalue weighted by atomic mass is 10.1. The van der Waals surface area contributed by atoms with Gasteiger partial charge >= 0.3 is 0 Å². The fraction of sp³-hybridized carbons (Fsp3) is 0.286. The van der Waals surface area contributed by atoms with E-state index in [0.29, 0.717) is 44.1 Å². The molecule has 4 rings (SSSR count). The van der Waals surface area contributed by atoms with Crippen molar-refractivity contribution in [3.63, 3.8) is 0 Å². The van der Waals surface area contributed by atoms with Gasteiger partial charge in [0.05, 0.1) is 18.4 Å². The van der Waals surface area contributed by atoms with E-state index in [9.17, 15) is 9.59 Å². The largest absolute Gasteiger partial charge is 0.497 e. The monoisotopic (exact) mass is 411 g/mol. The maximum absolute atomic E-state index is 12.8. The second-order valence-electron chi connectivity index (χ2n) is 6.71. The first-order chi connectivity index (χ1) is 14.1. The number of rotatable bonds is 5. The molecule has 0 aliphatic carbocycles. The molecular weight excluding hydrogens is 390 g/mol. The van der Waals surface area contributed by atoms with Crippen molar-refractivity contribution in [3.05, 3.63) is 70.1 Å². The molecule has 2 aromatic heterocycles. The fourth-order valence-corrected chi connectivity index (χ4v) is 4.04. The number of aromatic nitrogens is 1. The van der Waals surface area contributed by atoms with Gasteiger partial charge in [-0.3, -0.25) is 9.59 Å². The number of piperazine rings is 1. The highest BCUT2D eigenvalue weighted by molar-refractivity contribution is 7.09. The molecule has 3 aromatic rings. The van der Waals surface area contributed by atoms with E-state index in [4.69, 9.17) is 9.15 Å². The van der Waals surface area contributed by atoms with Crippen molar-refractivity contribution in [2.45, 2.75) is 6.42 Å². The lowest BCUT2D eigenvalue weighted by Gasteiger charge is -2.34. The normalized spacial score (nSPS) is 14.1. The van der Waals surface area contributed by atoms with E-state index in [1.807, 2.05) is 29.6 Å². The molecule has 3 heterocycles. The van der Waals surface area contributed by atoms with Crippen LogP contribution in [0.3, 0.4) is 0 Å². The van der Waals surface area contributed by atoms with Crippen molar-refractivity contribution in [1.82, 2.24) is 14.8 Å². The smallest absolute Gasteiger partial charge is 0.289 e. The summed E-state index contributed by atoms with van der Waals surface area (Å²) in [6, 6.07) is 11.2. The third-order valence-corrected chi connectivity index (χ3v) is 5.72. The van der Waals surface area contributed by atoms with E-state index in [1.54, 1.807) is 29.0 Å². The van der Waals surface area contributed by atoms with Crippen LogP contribution >= 0.6 is 11.3 Å². The molecule has 1 saturated heterocycles. The number of furan rings is 1. The maximum atomic E-state index is 12.8. The number of hydrogen-bond donors (Lipinski definition) is 0. The first-order valence-electron chi connectivity index (χ1n) is 9.33. The molecule has 2 amide bonds. The Hall–Kier alpha value is -3.13. The lowest BCUT2D eigenvalue weighted by molar-refractivity contribution is 0.0515. The van der Waals surface area contributed by atoms with Crippen molar-refractivity contribution in [2.24, 2.45) is 0 Å². The van der Waals surface area contributed by atoms with Crippen LogP contribution in [0.15, 0.2) is 52.5 Å². The Labute approximate surface area is 172 Å². The molecule has 1 aromatic carbocycles. The van der Waals surface area contributed by atoms with Crippen LogP contribution in [-0.4, -0.2) is 59.9 Å². The molecule has 0 bridgehead atoms. The van der Waals surface area contributed by atoms with E-state index in [1.165, 1.54) is 17.6 Å². The molecule has 8 heteroatoms. The Morgan fingerprint density at radius 3 is 2.38 bits per heavy atom. The SMILES string of the molecule is COc1ccc(Cc2nc(C(=O)N3CCN(C(=O)c4ccco4)CC3)cs2)cc1. The van der Waals surface area contributed by atoms with E-state index in [2.05, 4.69) is 4.98 Å². The van der Waals surface area contributed by atoms with Crippen molar-refractivity contribution < 1.29 is 18.7 Å². The number of ether oxygens (including phenoxy) is 1. The Bertz CT molecular complexity index is 974. The average molecular weight is 411 g/mol. The van der Waals surface area contributed by atoms with Crippen molar-refractivity contribution in [2.75, 3.05) is 33.3 Å². The highest BCUT2D eigenvalue weighted by Gasteiger charge is 2.27. The molecule has 1 aliphatic rings. The molecule has 7 nitrogen and oxygen atoms in total.